The van der Waals surface area contributed by atoms with Gasteiger partial charge in [-0.05, 0) is 51.5 Å². The van der Waals surface area contributed by atoms with Crippen LogP contribution in [0.25, 0.3) is 0 Å². The van der Waals surface area contributed by atoms with Gasteiger partial charge in [-0.15, -0.1) is 0 Å². The molecule has 2 rings (SSSR count). The Kier molecular flexibility index (Phi) is 4.22. The van der Waals surface area contributed by atoms with Crippen LogP contribution in [0.5, 0.6) is 0 Å². The maximum absolute atomic E-state index is 10.6. The third-order valence-electron chi connectivity index (χ3n) is 4.17. The van der Waals surface area contributed by atoms with E-state index in [0.717, 1.165) is 39.0 Å². The molecule has 2 heterocycles. The Morgan fingerprint density at radius 1 is 1.25 bits per heavy atom. The highest BCUT2D eigenvalue weighted by Crippen LogP contribution is 2.32. The Balaban J connectivity index is 1.84. The van der Waals surface area contributed by atoms with Crippen LogP contribution in [-0.2, 0) is 4.74 Å². The molecule has 0 aromatic carbocycles. The highest BCUT2D eigenvalue weighted by molar-refractivity contribution is 4.89. The minimum absolute atomic E-state index is 0.421. The van der Waals surface area contributed by atoms with E-state index < -0.39 is 5.60 Å². The van der Waals surface area contributed by atoms with Crippen molar-refractivity contribution in [1.29, 1.82) is 0 Å². The number of piperidine rings is 1. The predicted molar refractivity (Wildman–Crippen MR) is 64.4 cm³/mol. The molecule has 0 bridgehead atoms. The maximum Gasteiger partial charge on any atom is 0.0664 e. The fraction of sp³-hybridized carbons (Fsp3) is 1.00. The van der Waals surface area contributed by atoms with Crippen LogP contribution >= 0.6 is 0 Å². The van der Waals surface area contributed by atoms with Gasteiger partial charge in [0.2, 0.25) is 0 Å². The minimum atomic E-state index is -0.515. The molecule has 2 atom stereocenters. The zero-order valence-corrected chi connectivity index (χ0v) is 10.4. The molecular weight excluding hydrogens is 202 g/mol. The molecule has 0 amide bonds. The average molecular weight is 227 g/mol. The van der Waals surface area contributed by atoms with E-state index in [2.05, 4.69) is 5.32 Å². The zero-order valence-electron chi connectivity index (χ0n) is 10.4. The van der Waals surface area contributed by atoms with E-state index in [1.807, 2.05) is 6.92 Å². The van der Waals surface area contributed by atoms with E-state index in [1.165, 1.54) is 19.3 Å². The molecule has 0 spiro atoms. The third-order valence-corrected chi connectivity index (χ3v) is 4.17. The van der Waals surface area contributed by atoms with Crippen LogP contribution in [0.4, 0.5) is 0 Å². The topological polar surface area (TPSA) is 41.5 Å². The first-order chi connectivity index (χ1) is 7.68. The van der Waals surface area contributed by atoms with Gasteiger partial charge in [0.1, 0.15) is 0 Å². The molecule has 2 unspecified atom stereocenters. The molecule has 3 heteroatoms. The van der Waals surface area contributed by atoms with E-state index in [-0.39, 0.29) is 0 Å². The molecule has 2 N–H and O–H groups in total. The Morgan fingerprint density at radius 3 is 2.62 bits per heavy atom. The molecule has 0 aromatic rings. The van der Waals surface area contributed by atoms with Crippen LogP contribution in [0.15, 0.2) is 0 Å². The molecule has 0 aromatic heterocycles. The van der Waals surface area contributed by atoms with E-state index in [4.69, 9.17) is 4.74 Å². The lowest BCUT2D eigenvalue weighted by atomic mass is 9.78. The quantitative estimate of drug-likeness (QED) is 0.771. The monoisotopic (exact) mass is 227 g/mol. The van der Waals surface area contributed by atoms with Gasteiger partial charge >= 0.3 is 0 Å². The fourth-order valence-electron chi connectivity index (χ4n) is 3.08. The van der Waals surface area contributed by atoms with Crippen LogP contribution in [0.2, 0.25) is 0 Å². The summed E-state index contributed by atoms with van der Waals surface area (Å²) in [6.07, 6.45) is 6.74. The molecule has 0 radical (unpaired) electrons. The Morgan fingerprint density at radius 2 is 2.00 bits per heavy atom. The molecular formula is C13H25NO2. The van der Waals surface area contributed by atoms with Crippen LogP contribution in [-0.4, -0.2) is 36.5 Å². The summed E-state index contributed by atoms with van der Waals surface area (Å²) in [6.45, 7) is 4.77. The van der Waals surface area contributed by atoms with Crippen molar-refractivity contribution in [1.82, 2.24) is 5.32 Å². The van der Waals surface area contributed by atoms with Crippen molar-refractivity contribution in [2.24, 2.45) is 5.92 Å². The number of aliphatic hydroxyl groups is 1. The fourth-order valence-corrected chi connectivity index (χ4v) is 3.08. The molecule has 0 saturated carbocycles. The standard InChI is InChI=1S/C13H25NO2/c1-13(15,11-5-8-16-9-6-11)10-12-4-2-3-7-14-12/h11-12,14-15H,2-10H2,1H3. The van der Waals surface area contributed by atoms with Crippen molar-refractivity contribution in [2.45, 2.75) is 57.1 Å². The summed E-state index contributed by atoms with van der Waals surface area (Å²) >= 11 is 0. The molecule has 2 aliphatic rings. The molecule has 2 fully saturated rings. The van der Waals surface area contributed by atoms with Crippen molar-refractivity contribution in [2.75, 3.05) is 19.8 Å². The largest absolute Gasteiger partial charge is 0.390 e. The normalized spacial score (nSPS) is 32.2. The zero-order chi connectivity index (χ0) is 11.4. The summed E-state index contributed by atoms with van der Waals surface area (Å²) in [6, 6.07) is 0.520. The average Bonchev–Trinajstić information content (AvgIpc) is 2.31. The Bertz CT molecular complexity index is 206. The highest BCUT2D eigenvalue weighted by Gasteiger charge is 2.35. The minimum Gasteiger partial charge on any atom is -0.390 e. The summed E-state index contributed by atoms with van der Waals surface area (Å²) in [5, 5.41) is 14.1. The second kappa shape index (κ2) is 5.48. The smallest absolute Gasteiger partial charge is 0.0664 e. The van der Waals surface area contributed by atoms with Gasteiger partial charge in [-0.3, -0.25) is 0 Å². The van der Waals surface area contributed by atoms with Gasteiger partial charge < -0.3 is 15.2 Å². The lowest BCUT2D eigenvalue weighted by Gasteiger charge is -2.39. The summed E-state index contributed by atoms with van der Waals surface area (Å²) in [5.41, 5.74) is -0.515. The molecule has 3 nitrogen and oxygen atoms in total. The van der Waals surface area contributed by atoms with Crippen LogP contribution in [0, 0.1) is 5.92 Å². The number of hydrogen-bond acceptors (Lipinski definition) is 3. The molecule has 2 saturated heterocycles. The molecule has 0 aliphatic carbocycles. The van der Waals surface area contributed by atoms with E-state index in [9.17, 15) is 5.11 Å². The van der Waals surface area contributed by atoms with Crippen molar-refractivity contribution in [3.05, 3.63) is 0 Å². The van der Waals surface area contributed by atoms with Crippen molar-refractivity contribution in [3.8, 4) is 0 Å². The number of ether oxygens (including phenoxy) is 1. The third kappa shape index (κ3) is 3.19. The maximum atomic E-state index is 10.6. The van der Waals surface area contributed by atoms with Gasteiger partial charge in [0.15, 0.2) is 0 Å². The van der Waals surface area contributed by atoms with Crippen LogP contribution < -0.4 is 5.32 Å². The van der Waals surface area contributed by atoms with Gasteiger partial charge in [-0.25, -0.2) is 0 Å². The predicted octanol–water partition coefficient (Wildman–Crippen LogP) is 1.70. The number of hydrogen-bond donors (Lipinski definition) is 2. The van der Waals surface area contributed by atoms with Crippen LogP contribution in [0.3, 0.4) is 0 Å². The second-order valence-electron chi connectivity index (χ2n) is 5.59. The van der Waals surface area contributed by atoms with Gasteiger partial charge in [-0.2, -0.15) is 0 Å². The highest BCUT2D eigenvalue weighted by atomic mass is 16.5. The second-order valence-corrected chi connectivity index (χ2v) is 5.59. The molecule has 2 aliphatic heterocycles. The van der Waals surface area contributed by atoms with Crippen molar-refractivity contribution >= 4 is 0 Å². The SMILES string of the molecule is CC(O)(CC1CCCCN1)C1CCOCC1. The lowest BCUT2D eigenvalue weighted by molar-refractivity contribution is -0.0644. The number of nitrogens with one attached hydrogen (secondary N) is 1. The molecule has 94 valence electrons. The van der Waals surface area contributed by atoms with E-state index in [1.54, 1.807) is 0 Å². The van der Waals surface area contributed by atoms with Gasteiger partial charge in [0.25, 0.3) is 0 Å². The number of rotatable bonds is 3. The first-order valence-electron chi connectivity index (χ1n) is 6.72. The van der Waals surface area contributed by atoms with Crippen molar-refractivity contribution in [3.63, 3.8) is 0 Å². The summed E-state index contributed by atoms with van der Waals surface area (Å²) < 4.78 is 5.36. The Hall–Kier alpha value is -0.120. The summed E-state index contributed by atoms with van der Waals surface area (Å²) in [4.78, 5) is 0. The lowest BCUT2D eigenvalue weighted by Crippen LogP contribution is -2.46. The molecule has 16 heavy (non-hydrogen) atoms. The van der Waals surface area contributed by atoms with E-state index in [0.29, 0.717) is 12.0 Å². The Labute approximate surface area is 98.6 Å². The van der Waals surface area contributed by atoms with Gasteiger partial charge in [0, 0.05) is 19.3 Å². The van der Waals surface area contributed by atoms with Gasteiger partial charge in [0.05, 0.1) is 5.60 Å². The first kappa shape index (κ1) is 12.3. The van der Waals surface area contributed by atoms with Gasteiger partial charge in [-0.1, -0.05) is 6.42 Å². The van der Waals surface area contributed by atoms with Crippen molar-refractivity contribution < 1.29 is 9.84 Å². The first-order valence-corrected chi connectivity index (χ1v) is 6.72. The van der Waals surface area contributed by atoms with Crippen LogP contribution in [0.1, 0.15) is 45.4 Å². The summed E-state index contributed by atoms with van der Waals surface area (Å²) in [5.74, 6) is 0.421. The van der Waals surface area contributed by atoms with E-state index >= 15 is 0 Å². The summed E-state index contributed by atoms with van der Waals surface area (Å²) in [7, 11) is 0.